The van der Waals surface area contributed by atoms with Crippen LogP contribution in [0, 0.1) is 13.8 Å². The van der Waals surface area contributed by atoms with Crippen molar-refractivity contribution in [3.05, 3.63) is 34.9 Å². The average molecular weight is 255 g/mol. The van der Waals surface area contributed by atoms with Crippen LogP contribution in [0.15, 0.2) is 18.2 Å². The van der Waals surface area contributed by atoms with Crippen LogP contribution in [-0.2, 0) is 0 Å². The second kappa shape index (κ2) is 5.55. The van der Waals surface area contributed by atoms with Crippen LogP contribution < -0.4 is 0 Å². The minimum absolute atomic E-state index is 0.680. The van der Waals surface area contributed by atoms with Gasteiger partial charge in [0.2, 0.25) is 0 Å². The van der Waals surface area contributed by atoms with Gasteiger partial charge in [-0.2, -0.15) is 0 Å². The van der Waals surface area contributed by atoms with E-state index in [-0.39, 0.29) is 0 Å². The minimum atomic E-state index is 0.680. The van der Waals surface area contributed by atoms with Crippen LogP contribution in [0.2, 0.25) is 0 Å². The Morgan fingerprint density at radius 2 is 2.00 bits per heavy atom. The Morgan fingerprint density at radius 1 is 1.29 bits per heavy atom. The fraction of sp³-hybridized carbons (Fsp3) is 0.538. The summed E-state index contributed by atoms with van der Waals surface area (Å²) in [5.74, 6) is 0.680. The summed E-state index contributed by atoms with van der Waals surface area (Å²) in [6, 6.07) is 6.75. The number of alkyl halides is 1. The summed E-state index contributed by atoms with van der Waals surface area (Å²) in [5.41, 5.74) is 4.31. The van der Waals surface area contributed by atoms with Gasteiger partial charge < -0.3 is 0 Å². The third-order valence-electron chi connectivity index (χ3n) is 2.70. The number of benzene rings is 1. The van der Waals surface area contributed by atoms with Gasteiger partial charge in [0.15, 0.2) is 0 Å². The highest BCUT2D eigenvalue weighted by Gasteiger charge is 2.11. The number of aryl methyl sites for hydroxylation is 2. The molecule has 1 heteroatoms. The molecule has 0 saturated carbocycles. The maximum absolute atomic E-state index is 3.61. The van der Waals surface area contributed by atoms with Crippen molar-refractivity contribution in [3.63, 3.8) is 0 Å². The summed E-state index contributed by atoms with van der Waals surface area (Å²) < 4.78 is 0. The van der Waals surface area contributed by atoms with Crippen LogP contribution in [0.3, 0.4) is 0 Å². The van der Waals surface area contributed by atoms with Gasteiger partial charge in [-0.15, -0.1) is 0 Å². The lowest BCUT2D eigenvalue weighted by Crippen LogP contribution is -2.02. The molecule has 14 heavy (non-hydrogen) atoms. The van der Waals surface area contributed by atoms with E-state index in [4.69, 9.17) is 0 Å². The topological polar surface area (TPSA) is 0 Å². The first-order valence-electron chi connectivity index (χ1n) is 5.32. The zero-order valence-corrected chi connectivity index (χ0v) is 10.9. The highest BCUT2D eigenvalue weighted by Crippen LogP contribution is 2.27. The van der Waals surface area contributed by atoms with Crippen LogP contribution in [0.5, 0.6) is 0 Å². The van der Waals surface area contributed by atoms with Crippen LogP contribution >= 0.6 is 15.9 Å². The van der Waals surface area contributed by atoms with Gasteiger partial charge in [0, 0.05) is 5.33 Å². The van der Waals surface area contributed by atoms with Crippen LogP contribution in [0.4, 0.5) is 0 Å². The lowest BCUT2D eigenvalue weighted by Gasteiger charge is -2.16. The predicted octanol–water partition coefficient (Wildman–Crippen LogP) is 4.58. The summed E-state index contributed by atoms with van der Waals surface area (Å²) in [6.07, 6.45) is 2.53. The van der Waals surface area contributed by atoms with Crippen molar-refractivity contribution in [1.82, 2.24) is 0 Å². The van der Waals surface area contributed by atoms with Crippen LogP contribution in [0.1, 0.15) is 42.4 Å². The molecule has 0 amide bonds. The van der Waals surface area contributed by atoms with E-state index >= 15 is 0 Å². The molecule has 0 nitrogen and oxygen atoms in total. The molecule has 0 aliphatic heterocycles. The average Bonchev–Trinajstić information content (AvgIpc) is 2.18. The van der Waals surface area contributed by atoms with E-state index in [1.54, 1.807) is 0 Å². The molecule has 0 spiro atoms. The lowest BCUT2D eigenvalue weighted by atomic mass is 9.91. The standard InChI is InChI=1S/C13H19Br/c1-4-5-12(9-14)13-8-10(2)6-7-11(13)3/h6-8,12H,4-5,9H2,1-3H3. The number of rotatable bonds is 4. The van der Waals surface area contributed by atoms with E-state index in [1.807, 2.05) is 0 Å². The fourth-order valence-electron chi connectivity index (χ4n) is 1.86. The summed E-state index contributed by atoms with van der Waals surface area (Å²) >= 11 is 3.61. The molecule has 1 atom stereocenters. The van der Waals surface area contributed by atoms with Crippen molar-refractivity contribution in [2.75, 3.05) is 5.33 Å². The molecule has 0 aromatic heterocycles. The summed E-state index contributed by atoms with van der Waals surface area (Å²) in [5, 5.41) is 1.07. The molecule has 0 bridgehead atoms. The first kappa shape index (κ1) is 11.8. The molecular formula is C13H19Br. The molecule has 1 aromatic rings. The van der Waals surface area contributed by atoms with E-state index in [2.05, 4.69) is 54.9 Å². The summed E-state index contributed by atoms with van der Waals surface area (Å²) in [7, 11) is 0. The molecule has 78 valence electrons. The third kappa shape index (κ3) is 2.84. The Hall–Kier alpha value is -0.300. The molecule has 0 saturated heterocycles. The Bertz CT molecular complexity index is 291. The van der Waals surface area contributed by atoms with Crippen molar-refractivity contribution in [1.29, 1.82) is 0 Å². The van der Waals surface area contributed by atoms with E-state index in [0.717, 1.165) is 5.33 Å². The summed E-state index contributed by atoms with van der Waals surface area (Å²) in [6.45, 7) is 6.63. The maximum atomic E-state index is 3.61. The molecule has 1 unspecified atom stereocenters. The normalized spacial score (nSPS) is 12.9. The van der Waals surface area contributed by atoms with E-state index < -0.39 is 0 Å². The Balaban J connectivity index is 2.96. The predicted molar refractivity (Wildman–Crippen MR) is 67.4 cm³/mol. The Labute approximate surface area is 95.9 Å². The quantitative estimate of drug-likeness (QED) is 0.691. The van der Waals surface area contributed by atoms with Crippen LogP contribution in [-0.4, -0.2) is 5.33 Å². The number of hydrogen-bond donors (Lipinski definition) is 0. The molecule has 0 aliphatic carbocycles. The van der Waals surface area contributed by atoms with Gasteiger partial charge in [-0.05, 0) is 37.3 Å². The molecule has 0 aliphatic rings. The van der Waals surface area contributed by atoms with Gasteiger partial charge in [0.1, 0.15) is 0 Å². The summed E-state index contributed by atoms with van der Waals surface area (Å²) in [4.78, 5) is 0. The molecule has 0 fully saturated rings. The molecule has 1 rings (SSSR count). The zero-order valence-electron chi connectivity index (χ0n) is 9.31. The van der Waals surface area contributed by atoms with Crippen LogP contribution in [0.25, 0.3) is 0 Å². The second-order valence-electron chi connectivity index (χ2n) is 4.00. The second-order valence-corrected chi connectivity index (χ2v) is 4.65. The van der Waals surface area contributed by atoms with Gasteiger partial charge in [-0.1, -0.05) is 53.0 Å². The smallest absolute Gasteiger partial charge is 0.0100 e. The fourth-order valence-corrected chi connectivity index (χ4v) is 2.54. The molecule has 0 heterocycles. The van der Waals surface area contributed by atoms with E-state index in [0.29, 0.717) is 5.92 Å². The van der Waals surface area contributed by atoms with Gasteiger partial charge in [-0.25, -0.2) is 0 Å². The highest BCUT2D eigenvalue weighted by molar-refractivity contribution is 9.09. The van der Waals surface area contributed by atoms with Crippen molar-refractivity contribution in [2.24, 2.45) is 0 Å². The molecule has 0 radical (unpaired) electrons. The Morgan fingerprint density at radius 3 is 2.57 bits per heavy atom. The molecule has 0 N–H and O–H groups in total. The SMILES string of the molecule is CCCC(CBr)c1cc(C)ccc1C. The molecular weight excluding hydrogens is 236 g/mol. The Kier molecular flexibility index (Phi) is 4.67. The first-order chi connectivity index (χ1) is 6.69. The number of halogens is 1. The lowest BCUT2D eigenvalue weighted by molar-refractivity contribution is 0.672. The maximum Gasteiger partial charge on any atom is 0.0100 e. The highest BCUT2D eigenvalue weighted by atomic mass is 79.9. The van der Waals surface area contributed by atoms with Gasteiger partial charge >= 0.3 is 0 Å². The van der Waals surface area contributed by atoms with Gasteiger partial charge in [0.05, 0.1) is 0 Å². The molecule has 1 aromatic carbocycles. The first-order valence-corrected chi connectivity index (χ1v) is 6.44. The zero-order chi connectivity index (χ0) is 10.6. The van der Waals surface area contributed by atoms with Gasteiger partial charge in [-0.3, -0.25) is 0 Å². The van der Waals surface area contributed by atoms with Crippen molar-refractivity contribution < 1.29 is 0 Å². The van der Waals surface area contributed by atoms with E-state index in [1.165, 1.54) is 29.5 Å². The van der Waals surface area contributed by atoms with Crippen molar-refractivity contribution in [2.45, 2.75) is 39.5 Å². The van der Waals surface area contributed by atoms with E-state index in [9.17, 15) is 0 Å². The third-order valence-corrected chi connectivity index (χ3v) is 3.48. The van der Waals surface area contributed by atoms with Gasteiger partial charge in [0.25, 0.3) is 0 Å². The number of hydrogen-bond acceptors (Lipinski definition) is 0. The largest absolute Gasteiger partial charge is 0.0921 e. The van der Waals surface area contributed by atoms with Crippen molar-refractivity contribution in [3.8, 4) is 0 Å². The minimum Gasteiger partial charge on any atom is -0.0921 e. The monoisotopic (exact) mass is 254 g/mol. The van der Waals surface area contributed by atoms with Crippen molar-refractivity contribution >= 4 is 15.9 Å².